The fraction of sp³-hybridized carbons (Fsp3) is 0.462. The predicted octanol–water partition coefficient (Wildman–Crippen LogP) is 2.48. The topological polar surface area (TPSA) is 61.3 Å². The monoisotopic (exact) mass is 232 g/mol. The number of ether oxygens (including phenoxy) is 1. The normalized spacial score (nSPS) is 25.0. The van der Waals surface area contributed by atoms with E-state index in [0.717, 1.165) is 36.7 Å². The number of rotatable bonds is 2. The van der Waals surface area contributed by atoms with Crippen LogP contribution in [0.25, 0.3) is 11.0 Å². The molecule has 4 heteroatoms. The Kier molecular flexibility index (Phi) is 2.73. The fourth-order valence-electron chi connectivity index (χ4n) is 2.33. The maximum Gasteiger partial charge on any atom is 0.224 e. The summed E-state index contributed by atoms with van der Waals surface area (Å²) < 4.78 is 11.3. The van der Waals surface area contributed by atoms with Gasteiger partial charge in [-0.15, -0.1) is 0 Å². The second-order valence-electron chi connectivity index (χ2n) is 4.60. The highest BCUT2D eigenvalue weighted by Gasteiger charge is 2.21. The third-order valence-corrected chi connectivity index (χ3v) is 3.34. The molecule has 1 aliphatic carbocycles. The van der Waals surface area contributed by atoms with Crippen molar-refractivity contribution in [1.82, 2.24) is 4.98 Å². The Morgan fingerprint density at radius 3 is 2.88 bits per heavy atom. The first-order valence-corrected chi connectivity index (χ1v) is 6.07. The molecule has 2 N–H and O–H groups in total. The van der Waals surface area contributed by atoms with Crippen LogP contribution in [0.5, 0.6) is 5.88 Å². The maximum absolute atomic E-state index is 5.95. The van der Waals surface area contributed by atoms with Gasteiger partial charge in [0, 0.05) is 12.2 Å². The molecule has 2 aromatic rings. The number of hydrogen-bond donors (Lipinski definition) is 1. The van der Waals surface area contributed by atoms with Crippen LogP contribution < -0.4 is 10.5 Å². The predicted molar refractivity (Wildman–Crippen MR) is 64.9 cm³/mol. The molecule has 0 saturated heterocycles. The number of nitrogens with zero attached hydrogens (tertiary/aromatic N) is 1. The Morgan fingerprint density at radius 1 is 1.24 bits per heavy atom. The molecule has 0 radical (unpaired) electrons. The summed E-state index contributed by atoms with van der Waals surface area (Å²) in [6, 6.07) is 4.08. The molecule has 0 atom stereocenters. The van der Waals surface area contributed by atoms with E-state index in [1.54, 1.807) is 12.5 Å². The summed E-state index contributed by atoms with van der Waals surface area (Å²) in [7, 11) is 0. The summed E-state index contributed by atoms with van der Waals surface area (Å²) in [6.45, 7) is 0. The molecule has 1 saturated carbocycles. The molecule has 2 heterocycles. The second-order valence-corrected chi connectivity index (χ2v) is 4.60. The van der Waals surface area contributed by atoms with Crippen LogP contribution in [-0.4, -0.2) is 17.1 Å². The Bertz CT molecular complexity index is 501. The standard InChI is InChI=1S/C13H16N2O2/c14-9-1-3-10(4-2-9)17-13-11-6-8-16-12(11)5-7-15-13/h5-10H,1-4,14H2. The zero-order valence-corrected chi connectivity index (χ0v) is 9.63. The van der Waals surface area contributed by atoms with Crippen LogP contribution in [0.1, 0.15) is 25.7 Å². The van der Waals surface area contributed by atoms with Crippen molar-refractivity contribution in [2.24, 2.45) is 5.73 Å². The van der Waals surface area contributed by atoms with Gasteiger partial charge in [0.05, 0.1) is 11.6 Å². The minimum Gasteiger partial charge on any atom is -0.474 e. The smallest absolute Gasteiger partial charge is 0.224 e. The lowest BCUT2D eigenvalue weighted by Crippen LogP contribution is -2.31. The number of aromatic nitrogens is 1. The second kappa shape index (κ2) is 4.37. The molecule has 0 unspecified atom stereocenters. The van der Waals surface area contributed by atoms with Gasteiger partial charge in [-0.25, -0.2) is 4.98 Å². The SMILES string of the molecule is NC1CCC(Oc2nccc3occc23)CC1. The Morgan fingerprint density at radius 2 is 2.06 bits per heavy atom. The van der Waals surface area contributed by atoms with Gasteiger partial charge in [0.1, 0.15) is 11.7 Å². The van der Waals surface area contributed by atoms with Crippen molar-refractivity contribution in [2.45, 2.75) is 37.8 Å². The van der Waals surface area contributed by atoms with Gasteiger partial charge in [0.15, 0.2) is 0 Å². The summed E-state index contributed by atoms with van der Waals surface area (Å²) in [5.41, 5.74) is 6.70. The number of fused-ring (bicyclic) bond motifs is 1. The third-order valence-electron chi connectivity index (χ3n) is 3.34. The molecule has 90 valence electrons. The van der Waals surface area contributed by atoms with Crippen LogP contribution in [0.2, 0.25) is 0 Å². The maximum atomic E-state index is 5.95. The third kappa shape index (κ3) is 2.13. The lowest BCUT2D eigenvalue weighted by atomic mass is 9.94. The van der Waals surface area contributed by atoms with E-state index in [9.17, 15) is 0 Å². The van der Waals surface area contributed by atoms with E-state index in [2.05, 4.69) is 4.98 Å². The number of hydrogen-bond acceptors (Lipinski definition) is 4. The van der Waals surface area contributed by atoms with Crippen LogP contribution >= 0.6 is 0 Å². The molecule has 17 heavy (non-hydrogen) atoms. The summed E-state index contributed by atoms with van der Waals surface area (Å²) in [4.78, 5) is 4.28. The molecular formula is C13H16N2O2. The molecule has 0 bridgehead atoms. The van der Waals surface area contributed by atoms with Gasteiger partial charge in [-0.05, 0) is 37.8 Å². The summed E-state index contributed by atoms with van der Waals surface area (Å²) in [5, 5.41) is 0.947. The van der Waals surface area contributed by atoms with E-state index in [1.165, 1.54) is 0 Å². The van der Waals surface area contributed by atoms with E-state index in [0.29, 0.717) is 11.9 Å². The van der Waals surface area contributed by atoms with Crippen LogP contribution in [0.3, 0.4) is 0 Å². The van der Waals surface area contributed by atoms with E-state index in [-0.39, 0.29) is 6.10 Å². The van der Waals surface area contributed by atoms with Crippen LogP contribution in [0, 0.1) is 0 Å². The first-order valence-electron chi connectivity index (χ1n) is 6.07. The van der Waals surface area contributed by atoms with Crippen LogP contribution in [0.15, 0.2) is 29.0 Å². The average Bonchev–Trinajstić information content (AvgIpc) is 2.81. The summed E-state index contributed by atoms with van der Waals surface area (Å²) in [6.07, 6.45) is 7.71. The Labute approximate surface area is 99.8 Å². The zero-order chi connectivity index (χ0) is 11.7. The molecule has 0 amide bonds. The zero-order valence-electron chi connectivity index (χ0n) is 9.63. The highest BCUT2D eigenvalue weighted by Crippen LogP contribution is 2.27. The highest BCUT2D eigenvalue weighted by atomic mass is 16.5. The Hall–Kier alpha value is -1.55. The minimum absolute atomic E-state index is 0.239. The average molecular weight is 232 g/mol. The molecule has 0 aliphatic heterocycles. The molecular weight excluding hydrogens is 216 g/mol. The molecule has 4 nitrogen and oxygen atoms in total. The van der Waals surface area contributed by atoms with Crippen molar-refractivity contribution < 1.29 is 9.15 Å². The highest BCUT2D eigenvalue weighted by molar-refractivity contribution is 5.81. The minimum atomic E-state index is 0.239. The van der Waals surface area contributed by atoms with Crippen molar-refractivity contribution in [2.75, 3.05) is 0 Å². The van der Waals surface area contributed by atoms with E-state index < -0.39 is 0 Å². The first-order chi connectivity index (χ1) is 8.33. The van der Waals surface area contributed by atoms with Gasteiger partial charge in [-0.3, -0.25) is 0 Å². The lowest BCUT2D eigenvalue weighted by Gasteiger charge is -2.26. The van der Waals surface area contributed by atoms with Crippen molar-refractivity contribution in [3.05, 3.63) is 24.6 Å². The van der Waals surface area contributed by atoms with Gasteiger partial charge < -0.3 is 14.9 Å². The Balaban J connectivity index is 1.78. The van der Waals surface area contributed by atoms with E-state index in [1.807, 2.05) is 12.1 Å². The first kappa shape index (κ1) is 10.6. The molecule has 3 rings (SSSR count). The number of pyridine rings is 1. The fourth-order valence-corrected chi connectivity index (χ4v) is 2.33. The van der Waals surface area contributed by atoms with E-state index in [4.69, 9.17) is 14.9 Å². The molecule has 1 fully saturated rings. The van der Waals surface area contributed by atoms with Crippen LogP contribution in [-0.2, 0) is 0 Å². The van der Waals surface area contributed by atoms with Gasteiger partial charge in [-0.1, -0.05) is 0 Å². The van der Waals surface area contributed by atoms with Crippen molar-refractivity contribution in [3.63, 3.8) is 0 Å². The van der Waals surface area contributed by atoms with Gasteiger partial charge in [0.25, 0.3) is 0 Å². The number of furan rings is 1. The van der Waals surface area contributed by atoms with Gasteiger partial charge in [-0.2, -0.15) is 0 Å². The van der Waals surface area contributed by atoms with Crippen molar-refractivity contribution >= 4 is 11.0 Å². The molecule has 1 aliphatic rings. The molecule has 2 aromatic heterocycles. The van der Waals surface area contributed by atoms with E-state index >= 15 is 0 Å². The van der Waals surface area contributed by atoms with Gasteiger partial charge >= 0.3 is 0 Å². The molecule has 0 aromatic carbocycles. The summed E-state index contributed by atoms with van der Waals surface area (Å²) in [5.74, 6) is 0.678. The molecule has 0 spiro atoms. The summed E-state index contributed by atoms with van der Waals surface area (Å²) >= 11 is 0. The number of nitrogens with two attached hydrogens (primary N) is 1. The van der Waals surface area contributed by atoms with Gasteiger partial charge in [0.2, 0.25) is 5.88 Å². The largest absolute Gasteiger partial charge is 0.474 e. The van der Waals surface area contributed by atoms with Crippen molar-refractivity contribution in [1.29, 1.82) is 0 Å². The van der Waals surface area contributed by atoms with Crippen molar-refractivity contribution in [3.8, 4) is 5.88 Å². The lowest BCUT2D eigenvalue weighted by molar-refractivity contribution is 0.143. The quantitative estimate of drug-likeness (QED) is 0.864. The van der Waals surface area contributed by atoms with Crippen LogP contribution in [0.4, 0.5) is 0 Å².